The first-order valence-corrected chi connectivity index (χ1v) is 11.9. The van der Waals surface area contributed by atoms with Crippen LogP contribution in [0.2, 0.25) is 0 Å². The number of phenolic OH excluding ortho intramolecular Hbond substituents is 1. The second kappa shape index (κ2) is 9.49. The molecule has 0 unspecified atom stereocenters. The highest BCUT2D eigenvalue weighted by Crippen LogP contribution is 2.39. The van der Waals surface area contributed by atoms with Crippen LogP contribution in [-0.4, -0.2) is 61.1 Å². The third kappa shape index (κ3) is 4.45. The first-order chi connectivity index (χ1) is 16.1. The maximum Gasteiger partial charge on any atom is 0.225 e. The molecule has 2 aliphatic rings. The summed E-state index contributed by atoms with van der Waals surface area (Å²) in [5.74, 6) is 1.11. The van der Waals surface area contributed by atoms with E-state index >= 15 is 0 Å². The minimum atomic E-state index is 0.0301. The molecule has 0 bridgehead atoms. The Hall–Kier alpha value is -2.97. The van der Waals surface area contributed by atoms with Crippen LogP contribution in [-0.2, 0) is 13.1 Å². The summed E-state index contributed by atoms with van der Waals surface area (Å²) in [6.45, 7) is 6.13. The maximum atomic E-state index is 10.4. The number of aryl methyl sites for hydroxylation is 1. The van der Waals surface area contributed by atoms with E-state index in [-0.39, 0.29) is 12.6 Å². The Morgan fingerprint density at radius 2 is 1.94 bits per heavy atom. The molecule has 1 atom stereocenters. The lowest BCUT2D eigenvalue weighted by Crippen LogP contribution is -2.26. The Bertz CT molecular complexity index is 1110. The van der Waals surface area contributed by atoms with Crippen molar-refractivity contribution in [3.63, 3.8) is 0 Å². The van der Waals surface area contributed by atoms with E-state index in [2.05, 4.69) is 25.9 Å². The molecule has 0 spiro atoms. The lowest BCUT2D eigenvalue weighted by Gasteiger charge is -2.27. The topological polar surface area (TPSA) is 90.5 Å². The number of benzene rings is 1. The number of phenols is 1. The minimum Gasteiger partial charge on any atom is -0.508 e. The number of aromatic nitrogens is 4. The van der Waals surface area contributed by atoms with E-state index in [1.165, 1.54) is 12.8 Å². The Balaban J connectivity index is 1.50. The van der Waals surface area contributed by atoms with Crippen molar-refractivity contribution in [3.05, 3.63) is 53.5 Å². The van der Waals surface area contributed by atoms with Gasteiger partial charge in [-0.1, -0.05) is 17.7 Å². The van der Waals surface area contributed by atoms with Gasteiger partial charge in [0.2, 0.25) is 5.95 Å². The van der Waals surface area contributed by atoms with Crippen LogP contribution in [0.4, 0.5) is 5.95 Å². The van der Waals surface area contributed by atoms with Crippen molar-refractivity contribution in [1.82, 2.24) is 24.6 Å². The molecule has 2 aliphatic heterocycles. The summed E-state index contributed by atoms with van der Waals surface area (Å²) in [7, 11) is 0. The van der Waals surface area contributed by atoms with Gasteiger partial charge in [0.05, 0.1) is 36.8 Å². The van der Waals surface area contributed by atoms with Gasteiger partial charge in [0, 0.05) is 37.0 Å². The van der Waals surface area contributed by atoms with Crippen molar-refractivity contribution in [2.45, 2.75) is 51.7 Å². The zero-order valence-corrected chi connectivity index (χ0v) is 19.2. The van der Waals surface area contributed by atoms with Crippen LogP contribution in [0.25, 0.3) is 11.3 Å². The standard InChI is InChI=1S/C25H32N6O2/c1-18-6-7-23(33)19(15-18)17-30-12-4-5-22(30)24-20(16-27-31(24)13-14-32)21-8-9-26-25(28-21)29-10-2-3-11-29/h6-9,15-16,22,32-33H,2-5,10-14,17H2,1H3/t22-/m0/s1. The second-order valence-electron chi connectivity index (χ2n) is 9.09. The van der Waals surface area contributed by atoms with E-state index in [0.717, 1.165) is 66.5 Å². The average molecular weight is 449 g/mol. The number of anilines is 1. The average Bonchev–Trinajstić information content (AvgIpc) is 3.58. The van der Waals surface area contributed by atoms with E-state index in [1.807, 2.05) is 36.1 Å². The molecule has 174 valence electrons. The fourth-order valence-corrected chi connectivity index (χ4v) is 5.17. The highest BCUT2D eigenvalue weighted by molar-refractivity contribution is 5.63. The number of hydrogen-bond donors (Lipinski definition) is 2. The monoisotopic (exact) mass is 448 g/mol. The smallest absolute Gasteiger partial charge is 0.225 e. The SMILES string of the molecule is Cc1ccc(O)c(CN2CCC[C@H]2c2c(-c3ccnc(N4CCCC4)n3)cnn2CCO)c1. The van der Waals surface area contributed by atoms with E-state index in [1.54, 1.807) is 6.07 Å². The Labute approximate surface area is 194 Å². The molecule has 2 N–H and O–H groups in total. The van der Waals surface area contributed by atoms with Crippen LogP contribution in [0.5, 0.6) is 5.75 Å². The zero-order valence-electron chi connectivity index (χ0n) is 19.2. The molecule has 2 fully saturated rings. The molecular formula is C25H32N6O2. The predicted molar refractivity (Wildman–Crippen MR) is 127 cm³/mol. The molecule has 0 radical (unpaired) electrons. The highest BCUT2D eigenvalue weighted by Gasteiger charge is 2.32. The molecule has 8 nitrogen and oxygen atoms in total. The van der Waals surface area contributed by atoms with Crippen molar-refractivity contribution in [2.75, 3.05) is 31.1 Å². The van der Waals surface area contributed by atoms with Gasteiger partial charge in [0.15, 0.2) is 0 Å². The highest BCUT2D eigenvalue weighted by atomic mass is 16.3. The van der Waals surface area contributed by atoms with Crippen molar-refractivity contribution in [2.24, 2.45) is 0 Å². The van der Waals surface area contributed by atoms with Crippen LogP contribution in [0, 0.1) is 6.92 Å². The molecule has 0 amide bonds. The number of aliphatic hydroxyl groups is 1. The van der Waals surface area contributed by atoms with Crippen molar-refractivity contribution in [3.8, 4) is 17.0 Å². The summed E-state index contributed by atoms with van der Waals surface area (Å²) < 4.78 is 1.92. The lowest BCUT2D eigenvalue weighted by molar-refractivity contribution is 0.224. The molecule has 4 heterocycles. The molecule has 0 aliphatic carbocycles. The number of aromatic hydroxyl groups is 1. The van der Waals surface area contributed by atoms with Gasteiger partial charge in [-0.2, -0.15) is 5.10 Å². The number of aliphatic hydroxyl groups excluding tert-OH is 1. The van der Waals surface area contributed by atoms with Crippen LogP contribution in [0.15, 0.2) is 36.7 Å². The van der Waals surface area contributed by atoms with Gasteiger partial charge in [-0.25, -0.2) is 9.97 Å². The fourth-order valence-electron chi connectivity index (χ4n) is 5.17. The van der Waals surface area contributed by atoms with Gasteiger partial charge >= 0.3 is 0 Å². The Morgan fingerprint density at radius 3 is 2.76 bits per heavy atom. The summed E-state index contributed by atoms with van der Waals surface area (Å²) in [6.07, 6.45) is 8.14. The number of nitrogens with zero attached hydrogens (tertiary/aromatic N) is 6. The molecule has 2 saturated heterocycles. The summed E-state index contributed by atoms with van der Waals surface area (Å²) in [5.41, 5.74) is 5.03. The summed E-state index contributed by atoms with van der Waals surface area (Å²) in [6, 6.07) is 7.86. The lowest BCUT2D eigenvalue weighted by atomic mass is 10.0. The van der Waals surface area contributed by atoms with Gasteiger partial charge in [0.25, 0.3) is 0 Å². The van der Waals surface area contributed by atoms with E-state index < -0.39 is 0 Å². The second-order valence-corrected chi connectivity index (χ2v) is 9.09. The van der Waals surface area contributed by atoms with E-state index in [9.17, 15) is 10.2 Å². The van der Waals surface area contributed by atoms with Crippen molar-refractivity contribution < 1.29 is 10.2 Å². The van der Waals surface area contributed by atoms with E-state index in [0.29, 0.717) is 18.8 Å². The molecule has 8 heteroatoms. The summed E-state index contributed by atoms with van der Waals surface area (Å²) in [4.78, 5) is 14.1. The zero-order chi connectivity index (χ0) is 22.8. The normalized spacial score (nSPS) is 19.0. The van der Waals surface area contributed by atoms with Gasteiger partial charge in [0.1, 0.15) is 5.75 Å². The molecule has 5 rings (SSSR count). The quantitative estimate of drug-likeness (QED) is 0.573. The largest absolute Gasteiger partial charge is 0.508 e. The third-order valence-corrected chi connectivity index (χ3v) is 6.79. The molecule has 2 aromatic heterocycles. The minimum absolute atomic E-state index is 0.0301. The van der Waals surface area contributed by atoms with Gasteiger partial charge < -0.3 is 15.1 Å². The van der Waals surface area contributed by atoms with Crippen LogP contribution < -0.4 is 4.90 Å². The summed E-state index contributed by atoms with van der Waals surface area (Å²) in [5, 5.41) is 24.7. The first-order valence-electron chi connectivity index (χ1n) is 11.9. The van der Waals surface area contributed by atoms with Gasteiger partial charge in [-0.3, -0.25) is 9.58 Å². The molecular weight excluding hydrogens is 416 g/mol. The van der Waals surface area contributed by atoms with Gasteiger partial charge in [-0.15, -0.1) is 0 Å². The molecule has 1 aromatic carbocycles. The fraction of sp³-hybridized carbons (Fsp3) is 0.480. The first kappa shape index (κ1) is 21.9. The van der Waals surface area contributed by atoms with E-state index in [4.69, 9.17) is 4.98 Å². The number of likely N-dealkylation sites (tertiary alicyclic amines) is 1. The van der Waals surface area contributed by atoms with Gasteiger partial charge in [-0.05, 0) is 51.3 Å². The third-order valence-electron chi connectivity index (χ3n) is 6.79. The number of rotatable bonds is 7. The predicted octanol–water partition coefficient (Wildman–Crippen LogP) is 3.28. The van der Waals surface area contributed by atoms with Crippen LogP contribution >= 0.6 is 0 Å². The molecule has 33 heavy (non-hydrogen) atoms. The molecule has 0 saturated carbocycles. The Kier molecular flexibility index (Phi) is 6.28. The van der Waals surface area contributed by atoms with Crippen molar-refractivity contribution >= 4 is 5.95 Å². The van der Waals surface area contributed by atoms with Crippen LogP contribution in [0.3, 0.4) is 0 Å². The van der Waals surface area contributed by atoms with Crippen LogP contribution in [0.1, 0.15) is 48.5 Å². The summed E-state index contributed by atoms with van der Waals surface area (Å²) >= 11 is 0. The van der Waals surface area contributed by atoms with Crippen molar-refractivity contribution in [1.29, 1.82) is 0 Å². The maximum absolute atomic E-state index is 10.4. The Morgan fingerprint density at radius 1 is 1.09 bits per heavy atom. The molecule has 3 aromatic rings. The number of hydrogen-bond acceptors (Lipinski definition) is 7.